The summed E-state index contributed by atoms with van der Waals surface area (Å²) in [5.41, 5.74) is 8.10. The predicted octanol–water partition coefficient (Wildman–Crippen LogP) is 2.42. The Morgan fingerprint density at radius 2 is 2.25 bits per heavy atom. The molecule has 102 valence electrons. The number of nitrogens with zero attached hydrogens (tertiary/aromatic N) is 2. The summed E-state index contributed by atoms with van der Waals surface area (Å²) in [5, 5.41) is 9.99. The second kappa shape index (κ2) is 4.93. The van der Waals surface area contributed by atoms with Gasteiger partial charge < -0.3 is 5.73 Å². The van der Waals surface area contributed by atoms with Crippen LogP contribution in [0.5, 0.6) is 0 Å². The van der Waals surface area contributed by atoms with E-state index >= 15 is 0 Å². The molecule has 0 bridgehead atoms. The SMILES string of the molecule is CCc1[nH]nc(C(=O)Nc2nc3ccccc3s2)c1N. The number of carbonyl (C=O) groups excluding carboxylic acids is 1. The Morgan fingerprint density at radius 1 is 1.45 bits per heavy atom. The summed E-state index contributed by atoms with van der Waals surface area (Å²) in [5.74, 6) is -0.350. The van der Waals surface area contributed by atoms with Crippen molar-refractivity contribution in [3.63, 3.8) is 0 Å². The van der Waals surface area contributed by atoms with Crippen LogP contribution in [0.15, 0.2) is 24.3 Å². The van der Waals surface area contributed by atoms with Crippen LogP contribution in [-0.2, 0) is 6.42 Å². The van der Waals surface area contributed by atoms with Gasteiger partial charge in [0.2, 0.25) is 0 Å². The highest BCUT2D eigenvalue weighted by Gasteiger charge is 2.17. The first-order valence-corrected chi connectivity index (χ1v) is 7.00. The molecule has 7 heteroatoms. The molecule has 3 aromatic rings. The Bertz CT molecular complexity index is 743. The van der Waals surface area contributed by atoms with E-state index in [0.717, 1.165) is 15.9 Å². The zero-order chi connectivity index (χ0) is 14.1. The maximum absolute atomic E-state index is 12.1. The van der Waals surface area contributed by atoms with E-state index in [1.54, 1.807) is 0 Å². The molecule has 0 spiro atoms. The number of aromatic nitrogens is 3. The fraction of sp³-hybridized carbons (Fsp3) is 0.154. The quantitative estimate of drug-likeness (QED) is 0.689. The van der Waals surface area contributed by atoms with Crippen molar-refractivity contribution in [2.24, 2.45) is 0 Å². The van der Waals surface area contributed by atoms with Crippen LogP contribution < -0.4 is 11.1 Å². The molecular weight excluding hydrogens is 274 g/mol. The van der Waals surface area contributed by atoms with Gasteiger partial charge >= 0.3 is 0 Å². The summed E-state index contributed by atoms with van der Waals surface area (Å²) in [6.07, 6.45) is 0.702. The number of nitrogens with two attached hydrogens (primary N) is 1. The number of anilines is 2. The first-order chi connectivity index (χ1) is 9.69. The van der Waals surface area contributed by atoms with Crippen molar-refractivity contribution in [1.82, 2.24) is 15.2 Å². The van der Waals surface area contributed by atoms with Crippen LogP contribution in [0.3, 0.4) is 0 Å². The molecule has 0 saturated carbocycles. The van der Waals surface area contributed by atoms with Crippen molar-refractivity contribution in [2.45, 2.75) is 13.3 Å². The van der Waals surface area contributed by atoms with Crippen molar-refractivity contribution in [3.05, 3.63) is 35.7 Å². The first-order valence-electron chi connectivity index (χ1n) is 6.18. The average Bonchev–Trinajstić information content (AvgIpc) is 3.01. The number of carbonyl (C=O) groups is 1. The molecule has 0 radical (unpaired) electrons. The fourth-order valence-electron chi connectivity index (χ4n) is 1.91. The third-order valence-corrected chi connectivity index (χ3v) is 3.92. The van der Waals surface area contributed by atoms with Gasteiger partial charge in [0.1, 0.15) is 0 Å². The maximum Gasteiger partial charge on any atom is 0.280 e. The second-order valence-corrected chi connectivity index (χ2v) is 5.29. The van der Waals surface area contributed by atoms with E-state index in [2.05, 4.69) is 20.5 Å². The van der Waals surface area contributed by atoms with Gasteiger partial charge in [0.25, 0.3) is 5.91 Å². The van der Waals surface area contributed by atoms with E-state index in [4.69, 9.17) is 5.73 Å². The molecule has 2 aromatic heterocycles. The molecule has 6 nitrogen and oxygen atoms in total. The minimum Gasteiger partial charge on any atom is -0.395 e. The Morgan fingerprint density at radius 3 is 2.95 bits per heavy atom. The summed E-state index contributed by atoms with van der Waals surface area (Å²) >= 11 is 1.42. The van der Waals surface area contributed by atoms with Crippen molar-refractivity contribution in [3.8, 4) is 0 Å². The number of hydrogen-bond acceptors (Lipinski definition) is 5. The van der Waals surface area contributed by atoms with Gasteiger partial charge in [-0.3, -0.25) is 15.2 Å². The molecule has 0 aliphatic rings. The molecule has 0 aliphatic heterocycles. The maximum atomic E-state index is 12.1. The summed E-state index contributed by atoms with van der Waals surface area (Å²) < 4.78 is 1.02. The van der Waals surface area contributed by atoms with Crippen LogP contribution in [0.25, 0.3) is 10.2 Å². The molecular formula is C13H13N5OS. The number of fused-ring (bicyclic) bond motifs is 1. The highest BCUT2D eigenvalue weighted by Crippen LogP contribution is 2.26. The van der Waals surface area contributed by atoms with Gasteiger partial charge in [-0.2, -0.15) is 5.10 Å². The number of aryl methyl sites for hydroxylation is 1. The van der Waals surface area contributed by atoms with E-state index in [9.17, 15) is 4.79 Å². The lowest BCUT2D eigenvalue weighted by Crippen LogP contribution is -2.14. The number of thiazole rings is 1. The standard InChI is InChI=1S/C13H13N5OS/c1-2-7-10(14)11(18-17-7)12(19)16-13-15-8-5-3-4-6-9(8)20-13/h3-6H,2,14H2,1H3,(H,17,18)(H,15,16,19). The molecule has 0 aliphatic carbocycles. The molecule has 1 aromatic carbocycles. The molecule has 2 heterocycles. The Kier molecular flexibility index (Phi) is 3.11. The van der Waals surface area contributed by atoms with Gasteiger partial charge in [0.15, 0.2) is 10.8 Å². The zero-order valence-electron chi connectivity index (χ0n) is 10.8. The first kappa shape index (κ1) is 12.6. The molecule has 4 N–H and O–H groups in total. The van der Waals surface area contributed by atoms with Crippen LogP contribution in [0.2, 0.25) is 0 Å². The number of nitrogens with one attached hydrogen (secondary N) is 2. The van der Waals surface area contributed by atoms with Crippen molar-refractivity contribution >= 4 is 38.3 Å². The molecule has 0 saturated heterocycles. The Hall–Kier alpha value is -2.41. The summed E-state index contributed by atoms with van der Waals surface area (Å²) in [6, 6.07) is 7.71. The topological polar surface area (TPSA) is 96.7 Å². The second-order valence-electron chi connectivity index (χ2n) is 4.26. The molecule has 3 rings (SSSR count). The third-order valence-electron chi connectivity index (χ3n) is 2.97. The normalized spacial score (nSPS) is 10.8. The van der Waals surface area contributed by atoms with Gasteiger partial charge in [-0.05, 0) is 18.6 Å². The van der Waals surface area contributed by atoms with E-state index in [0.29, 0.717) is 17.2 Å². The number of hydrogen-bond donors (Lipinski definition) is 3. The minimum absolute atomic E-state index is 0.209. The van der Waals surface area contributed by atoms with E-state index in [-0.39, 0.29) is 11.6 Å². The lowest BCUT2D eigenvalue weighted by Gasteiger charge is -1.99. The number of aromatic amines is 1. The van der Waals surface area contributed by atoms with E-state index in [1.807, 2.05) is 31.2 Å². The van der Waals surface area contributed by atoms with Gasteiger partial charge in [0, 0.05) is 0 Å². The molecule has 0 fully saturated rings. The number of nitrogen functional groups attached to an aromatic ring is 1. The van der Waals surface area contributed by atoms with Crippen LogP contribution in [0.4, 0.5) is 10.8 Å². The van der Waals surface area contributed by atoms with Gasteiger partial charge in [0.05, 0.1) is 21.6 Å². The highest BCUT2D eigenvalue weighted by molar-refractivity contribution is 7.22. The summed E-state index contributed by atoms with van der Waals surface area (Å²) in [4.78, 5) is 16.5. The number of para-hydroxylation sites is 1. The third kappa shape index (κ3) is 2.12. The van der Waals surface area contributed by atoms with Crippen LogP contribution in [0, 0.1) is 0 Å². The summed E-state index contributed by atoms with van der Waals surface area (Å²) in [6.45, 7) is 1.94. The highest BCUT2D eigenvalue weighted by atomic mass is 32.1. The average molecular weight is 287 g/mol. The van der Waals surface area contributed by atoms with Crippen LogP contribution in [0.1, 0.15) is 23.1 Å². The van der Waals surface area contributed by atoms with Crippen molar-refractivity contribution in [2.75, 3.05) is 11.1 Å². The monoisotopic (exact) mass is 287 g/mol. The number of H-pyrrole nitrogens is 1. The fourth-order valence-corrected chi connectivity index (χ4v) is 2.77. The van der Waals surface area contributed by atoms with Gasteiger partial charge in [-0.1, -0.05) is 30.4 Å². The van der Waals surface area contributed by atoms with Gasteiger partial charge in [-0.15, -0.1) is 0 Å². The van der Waals surface area contributed by atoms with Crippen LogP contribution >= 0.6 is 11.3 Å². The summed E-state index contributed by atoms with van der Waals surface area (Å²) in [7, 11) is 0. The largest absolute Gasteiger partial charge is 0.395 e. The van der Waals surface area contributed by atoms with Crippen molar-refractivity contribution in [1.29, 1.82) is 0 Å². The lowest BCUT2D eigenvalue weighted by atomic mass is 10.2. The molecule has 0 unspecified atom stereocenters. The molecule has 1 amide bonds. The van der Waals surface area contributed by atoms with Crippen molar-refractivity contribution < 1.29 is 4.79 Å². The zero-order valence-corrected chi connectivity index (χ0v) is 11.6. The lowest BCUT2D eigenvalue weighted by molar-refractivity contribution is 0.102. The number of amides is 1. The Labute approximate surface area is 119 Å². The predicted molar refractivity (Wildman–Crippen MR) is 80.0 cm³/mol. The minimum atomic E-state index is -0.350. The smallest absolute Gasteiger partial charge is 0.280 e. The van der Waals surface area contributed by atoms with Crippen LogP contribution in [-0.4, -0.2) is 21.1 Å². The Balaban J connectivity index is 1.86. The van der Waals surface area contributed by atoms with Gasteiger partial charge in [-0.25, -0.2) is 4.98 Å². The van der Waals surface area contributed by atoms with E-state index in [1.165, 1.54) is 11.3 Å². The molecule has 20 heavy (non-hydrogen) atoms. The molecule has 0 atom stereocenters. The van der Waals surface area contributed by atoms with E-state index < -0.39 is 0 Å². The number of benzene rings is 1. The number of rotatable bonds is 3.